The molecule has 6 heteroatoms. The maximum Gasteiger partial charge on any atom is 0.221 e. The molecule has 94 valence electrons. The van der Waals surface area contributed by atoms with E-state index in [1.54, 1.807) is 0 Å². The molecule has 1 heterocycles. The van der Waals surface area contributed by atoms with E-state index >= 15 is 0 Å². The van der Waals surface area contributed by atoms with Crippen molar-refractivity contribution < 1.29 is 9.18 Å². The number of nitrogens with one attached hydrogen (secondary N) is 2. The highest BCUT2D eigenvalue weighted by Crippen LogP contribution is 2.12. The smallest absolute Gasteiger partial charge is 0.221 e. The van der Waals surface area contributed by atoms with E-state index in [4.69, 9.17) is 0 Å². The predicted molar refractivity (Wildman–Crippen MR) is 63.2 cm³/mol. The first-order valence-electron chi connectivity index (χ1n) is 5.69. The fourth-order valence-corrected chi connectivity index (χ4v) is 1.36. The van der Waals surface area contributed by atoms with Crippen molar-refractivity contribution in [2.75, 3.05) is 18.4 Å². The zero-order valence-electron chi connectivity index (χ0n) is 10.1. The molecule has 0 bridgehead atoms. The number of hydrogen-bond acceptors (Lipinski definition) is 4. The summed E-state index contributed by atoms with van der Waals surface area (Å²) >= 11 is 0. The molecule has 1 aromatic rings. The van der Waals surface area contributed by atoms with Crippen LogP contribution in [-0.2, 0) is 11.2 Å². The first-order valence-corrected chi connectivity index (χ1v) is 5.69. The molecule has 1 amide bonds. The van der Waals surface area contributed by atoms with Crippen molar-refractivity contribution >= 4 is 11.7 Å². The van der Waals surface area contributed by atoms with Crippen LogP contribution < -0.4 is 10.6 Å². The molecule has 17 heavy (non-hydrogen) atoms. The molecule has 2 N–H and O–H groups in total. The van der Waals surface area contributed by atoms with Crippen LogP contribution in [0.3, 0.4) is 0 Å². The van der Waals surface area contributed by atoms with Crippen molar-refractivity contribution in [3.8, 4) is 0 Å². The minimum Gasteiger partial charge on any atom is -0.367 e. The molecular weight excluding hydrogens is 223 g/mol. The van der Waals surface area contributed by atoms with Gasteiger partial charge in [-0.15, -0.1) is 0 Å². The standard InChI is InChI=1S/C11H17FN4O/c1-3-8-10(12)11(16-7-15-8)14-6-5-9(17)13-4-2/h7H,3-6H2,1-2H3,(H,13,17)(H,14,15,16). The summed E-state index contributed by atoms with van der Waals surface area (Å²) in [6.07, 6.45) is 2.12. The molecule has 0 aliphatic rings. The normalized spacial score (nSPS) is 10.1. The Kier molecular flexibility index (Phi) is 5.32. The van der Waals surface area contributed by atoms with Crippen LogP contribution in [0.2, 0.25) is 0 Å². The van der Waals surface area contributed by atoms with Crippen LogP contribution in [0.15, 0.2) is 6.33 Å². The van der Waals surface area contributed by atoms with E-state index < -0.39 is 5.82 Å². The molecule has 0 atom stereocenters. The predicted octanol–water partition coefficient (Wildman–Crippen LogP) is 1.12. The lowest BCUT2D eigenvalue weighted by molar-refractivity contribution is -0.120. The summed E-state index contributed by atoms with van der Waals surface area (Å²) in [5.74, 6) is -0.350. The fraction of sp³-hybridized carbons (Fsp3) is 0.545. The number of aryl methyl sites for hydroxylation is 1. The van der Waals surface area contributed by atoms with Crippen molar-refractivity contribution in [1.29, 1.82) is 0 Å². The molecule has 0 saturated carbocycles. The quantitative estimate of drug-likeness (QED) is 0.782. The summed E-state index contributed by atoms with van der Waals surface area (Å²) in [4.78, 5) is 18.8. The van der Waals surface area contributed by atoms with Crippen LogP contribution in [0.1, 0.15) is 26.0 Å². The zero-order valence-corrected chi connectivity index (χ0v) is 10.1. The van der Waals surface area contributed by atoms with E-state index in [2.05, 4.69) is 20.6 Å². The molecule has 0 saturated heterocycles. The lowest BCUT2D eigenvalue weighted by atomic mass is 10.3. The van der Waals surface area contributed by atoms with Crippen molar-refractivity contribution in [3.05, 3.63) is 17.8 Å². The second kappa shape index (κ2) is 6.78. The van der Waals surface area contributed by atoms with Gasteiger partial charge in [-0.2, -0.15) is 0 Å². The molecule has 0 aliphatic heterocycles. The highest BCUT2D eigenvalue weighted by Gasteiger charge is 2.09. The SMILES string of the molecule is CCNC(=O)CCNc1ncnc(CC)c1F. The molecule has 0 aromatic carbocycles. The van der Waals surface area contributed by atoms with Crippen LogP contribution >= 0.6 is 0 Å². The van der Waals surface area contributed by atoms with Crippen LogP contribution in [0, 0.1) is 5.82 Å². The highest BCUT2D eigenvalue weighted by atomic mass is 19.1. The average Bonchev–Trinajstić information content (AvgIpc) is 2.32. The number of hydrogen-bond donors (Lipinski definition) is 2. The summed E-state index contributed by atoms with van der Waals surface area (Å²) in [5, 5.41) is 5.45. The van der Waals surface area contributed by atoms with Crippen LogP contribution in [0.5, 0.6) is 0 Å². The van der Waals surface area contributed by atoms with Gasteiger partial charge in [0.2, 0.25) is 5.91 Å². The first-order chi connectivity index (χ1) is 8.19. The zero-order chi connectivity index (χ0) is 12.7. The Bertz CT molecular complexity index is 384. The van der Waals surface area contributed by atoms with Crippen LogP contribution in [0.4, 0.5) is 10.2 Å². The minimum absolute atomic E-state index is 0.0646. The first kappa shape index (κ1) is 13.3. The topological polar surface area (TPSA) is 66.9 Å². The van der Waals surface area contributed by atoms with E-state index in [0.29, 0.717) is 31.6 Å². The average molecular weight is 240 g/mol. The van der Waals surface area contributed by atoms with Gasteiger partial charge >= 0.3 is 0 Å². The van der Waals surface area contributed by atoms with Gasteiger partial charge in [-0.05, 0) is 13.3 Å². The third-order valence-corrected chi connectivity index (χ3v) is 2.22. The van der Waals surface area contributed by atoms with Gasteiger partial charge in [-0.1, -0.05) is 6.92 Å². The number of carbonyl (C=O) groups excluding carboxylic acids is 1. The molecule has 0 radical (unpaired) electrons. The van der Waals surface area contributed by atoms with Gasteiger partial charge in [0.05, 0.1) is 5.69 Å². The molecule has 0 fully saturated rings. The maximum absolute atomic E-state index is 13.7. The Hall–Kier alpha value is -1.72. The van der Waals surface area contributed by atoms with Gasteiger partial charge in [-0.3, -0.25) is 4.79 Å². The summed E-state index contributed by atoms with van der Waals surface area (Å²) in [7, 11) is 0. The number of aromatic nitrogens is 2. The molecular formula is C11H17FN4O. The number of rotatable bonds is 6. The van der Waals surface area contributed by atoms with Crippen molar-refractivity contribution in [3.63, 3.8) is 0 Å². The van der Waals surface area contributed by atoms with Gasteiger partial charge < -0.3 is 10.6 Å². The molecule has 1 rings (SSSR count). The van der Waals surface area contributed by atoms with E-state index in [9.17, 15) is 9.18 Å². The second-order valence-electron chi connectivity index (χ2n) is 3.47. The number of nitrogens with zero attached hydrogens (tertiary/aromatic N) is 2. The van der Waals surface area contributed by atoms with Gasteiger partial charge in [0.25, 0.3) is 0 Å². The molecule has 0 aliphatic carbocycles. The Morgan fingerprint density at radius 3 is 2.82 bits per heavy atom. The Balaban J connectivity index is 2.49. The molecule has 1 aromatic heterocycles. The van der Waals surface area contributed by atoms with Gasteiger partial charge in [0, 0.05) is 19.5 Å². The summed E-state index contributed by atoms with van der Waals surface area (Å²) in [6.45, 7) is 4.62. The monoisotopic (exact) mass is 240 g/mol. The van der Waals surface area contributed by atoms with Crippen LogP contribution in [-0.4, -0.2) is 29.0 Å². The third kappa shape index (κ3) is 3.97. The molecule has 0 unspecified atom stereocenters. The van der Waals surface area contributed by atoms with Crippen molar-refractivity contribution in [2.24, 2.45) is 0 Å². The Labute approximate surface area is 99.9 Å². The number of anilines is 1. The van der Waals surface area contributed by atoms with Gasteiger partial charge in [0.1, 0.15) is 6.33 Å². The molecule has 5 nitrogen and oxygen atoms in total. The van der Waals surface area contributed by atoms with E-state index in [0.717, 1.165) is 0 Å². The van der Waals surface area contributed by atoms with Gasteiger partial charge in [0.15, 0.2) is 11.6 Å². The minimum atomic E-state index is -0.439. The highest BCUT2D eigenvalue weighted by molar-refractivity contribution is 5.76. The third-order valence-electron chi connectivity index (χ3n) is 2.22. The van der Waals surface area contributed by atoms with Crippen molar-refractivity contribution in [2.45, 2.75) is 26.7 Å². The Morgan fingerprint density at radius 2 is 2.18 bits per heavy atom. The lowest BCUT2D eigenvalue weighted by Crippen LogP contribution is -2.25. The van der Waals surface area contributed by atoms with E-state index in [1.807, 2.05) is 13.8 Å². The maximum atomic E-state index is 13.7. The fourth-order valence-electron chi connectivity index (χ4n) is 1.36. The summed E-state index contributed by atoms with van der Waals surface area (Å²) in [5.41, 5.74) is 0.375. The van der Waals surface area contributed by atoms with E-state index in [-0.39, 0.29) is 11.7 Å². The number of amides is 1. The largest absolute Gasteiger partial charge is 0.367 e. The van der Waals surface area contributed by atoms with Crippen molar-refractivity contribution in [1.82, 2.24) is 15.3 Å². The van der Waals surface area contributed by atoms with Gasteiger partial charge in [-0.25, -0.2) is 14.4 Å². The summed E-state index contributed by atoms with van der Waals surface area (Å²) < 4.78 is 13.7. The Morgan fingerprint density at radius 1 is 1.41 bits per heavy atom. The van der Waals surface area contributed by atoms with Crippen LogP contribution in [0.25, 0.3) is 0 Å². The number of carbonyl (C=O) groups is 1. The second-order valence-corrected chi connectivity index (χ2v) is 3.47. The lowest BCUT2D eigenvalue weighted by Gasteiger charge is -2.07. The summed E-state index contributed by atoms with van der Waals surface area (Å²) in [6, 6.07) is 0. The van der Waals surface area contributed by atoms with E-state index in [1.165, 1.54) is 6.33 Å². The molecule has 0 spiro atoms. The number of halogens is 1.